The summed E-state index contributed by atoms with van der Waals surface area (Å²) < 4.78 is 5.03. The van der Waals surface area contributed by atoms with Crippen LogP contribution in [0, 0.1) is 5.92 Å². The first-order valence-electron chi connectivity index (χ1n) is 14.4. The molecule has 0 aliphatic carbocycles. The van der Waals surface area contributed by atoms with Gasteiger partial charge in [-0.15, -0.1) is 0 Å². The van der Waals surface area contributed by atoms with E-state index in [0.717, 1.165) is 50.2 Å². The Labute approximate surface area is 225 Å². The van der Waals surface area contributed by atoms with Gasteiger partial charge in [0.1, 0.15) is 23.6 Å². The van der Waals surface area contributed by atoms with E-state index in [1.165, 1.54) is 25.7 Å². The number of piperazine rings is 1. The Hall–Kier alpha value is -3.11. The number of nitrogens with zero attached hydrogens (tertiary/aromatic N) is 7. The number of amides is 2. The van der Waals surface area contributed by atoms with Crippen molar-refractivity contribution >= 4 is 35.4 Å². The number of esters is 1. The van der Waals surface area contributed by atoms with E-state index in [0.29, 0.717) is 39.1 Å². The zero-order valence-corrected chi connectivity index (χ0v) is 22.8. The summed E-state index contributed by atoms with van der Waals surface area (Å²) >= 11 is 0. The molecule has 4 fully saturated rings. The zero-order valence-electron chi connectivity index (χ0n) is 22.8. The molecule has 11 nitrogen and oxygen atoms in total. The molecule has 4 saturated heterocycles. The molecule has 208 valence electrons. The second kappa shape index (κ2) is 11.7. The van der Waals surface area contributed by atoms with Crippen LogP contribution in [-0.4, -0.2) is 109 Å². The van der Waals surface area contributed by atoms with E-state index in [9.17, 15) is 14.4 Å². The first kappa shape index (κ1) is 26.5. The van der Waals surface area contributed by atoms with Crippen LogP contribution in [0.25, 0.3) is 0 Å². The summed E-state index contributed by atoms with van der Waals surface area (Å²) in [5.41, 5.74) is 0. The van der Waals surface area contributed by atoms with Crippen LogP contribution in [0.4, 0.5) is 17.6 Å². The van der Waals surface area contributed by atoms with Crippen molar-refractivity contribution in [2.45, 2.75) is 58.4 Å². The fraction of sp³-hybridized carbons (Fsp3) is 0.741. The standard InChI is InChI=1S/C27H41N7O4/c1-3-38-26(37)20(2)24(35)34-14-8-9-21(34)25(36)32-17-15-31(16-18-32)23-19-22(30-10-4-5-11-30)28-27(29-23)33-12-6-7-13-33/h19-21H,3-18H2,1-2H3. The Balaban J connectivity index is 1.24. The molecular weight excluding hydrogens is 486 g/mol. The van der Waals surface area contributed by atoms with Crippen LogP contribution < -0.4 is 14.7 Å². The van der Waals surface area contributed by atoms with Crippen LogP contribution in [0.15, 0.2) is 6.07 Å². The third-order valence-electron chi connectivity index (χ3n) is 8.25. The number of hydrogen-bond acceptors (Lipinski definition) is 9. The lowest BCUT2D eigenvalue weighted by molar-refractivity contribution is -0.157. The van der Waals surface area contributed by atoms with Gasteiger partial charge in [0.15, 0.2) is 0 Å². The highest BCUT2D eigenvalue weighted by Crippen LogP contribution is 2.28. The monoisotopic (exact) mass is 527 g/mol. The Morgan fingerprint density at radius 1 is 0.842 bits per heavy atom. The molecule has 0 aromatic carbocycles. The van der Waals surface area contributed by atoms with Gasteiger partial charge in [-0.05, 0) is 52.4 Å². The van der Waals surface area contributed by atoms with Crippen LogP contribution in [-0.2, 0) is 19.1 Å². The molecule has 0 spiro atoms. The van der Waals surface area contributed by atoms with Gasteiger partial charge in [-0.1, -0.05) is 0 Å². The molecule has 11 heteroatoms. The number of carbonyl (C=O) groups excluding carboxylic acids is 3. The van der Waals surface area contributed by atoms with Gasteiger partial charge in [-0.2, -0.15) is 9.97 Å². The Bertz CT molecular complexity index is 982. The van der Waals surface area contributed by atoms with Crippen LogP contribution in [0.1, 0.15) is 52.4 Å². The van der Waals surface area contributed by atoms with Gasteiger partial charge in [-0.3, -0.25) is 14.4 Å². The predicted molar refractivity (Wildman–Crippen MR) is 144 cm³/mol. The quantitative estimate of drug-likeness (QED) is 0.386. The van der Waals surface area contributed by atoms with Crippen molar-refractivity contribution in [2.75, 3.05) is 80.2 Å². The van der Waals surface area contributed by atoms with Crippen molar-refractivity contribution in [1.29, 1.82) is 0 Å². The third kappa shape index (κ3) is 5.51. The number of carbonyl (C=O) groups is 3. The fourth-order valence-corrected chi connectivity index (χ4v) is 6.01. The van der Waals surface area contributed by atoms with E-state index in [-0.39, 0.29) is 18.4 Å². The van der Waals surface area contributed by atoms with Crippen molar-refractivity contribution in [2.24, 2.45) is 5.92 Å². The minimum atomic E-state index is -0.896. The third-order valence-corrected chi connectivity index (χ3v) is 8.25. The lowest BCUT2D eigenvalue weighted by Gasteiger charge is -2.38. The summed E-state index contributed by atoms with van der Waals surface area (Å²) in [6.07, 6.45) is 6.12. The molecule has 0 saturated carbocycles. The summed E-state index contributed by atoms with van der Waals surface area (Å²) in [5.74, 6) is 0.979. The number of ether oxygens (including phenoxy) is 1. The first-order chi connectivity index (χ1) is 18.5. The number of hydrogen-bond donors (Lipinski definition) is 0. The fourth-order valence-electron chi connectivity index (χ4n) is 6.01. The van der Waals surface area contributed by atoms with Crippen LogP contribution in [0.5, 0.6) is 0 Å². The predicted octanol–water partition coefficient (Wildman–Crippen LogP) is 1.52. The molecule has 38 heavy (non-hydrogen) atoms. The maximum atomic E-state index is 13.5. The highest BCUT2D eigenvalue weighted by Gasteiger charge is 2.40. The molecule has 1 aromatic rings. The molecule has 5 rings (SSSR count). The van der Waals surface area contributed by atoms with Crippen molar-refractivity contribution in [3.63, 3.8) is 0 Å². The number of likely N-dealkylation sites (tertiary alicyclic amines) is 1. The second-order valence-electron chi connectivity index (χ2n) is 10.7. The first-order valence-corrected chi connectivity index (χ1v) is 14.4. The normalized spacial score (nSPS) is 22.8. The lowest BCUT2D eigenvalue weighted by Crippen LogP contribution is -2.55. The van der Waals surface area contributed by atoms with Crippen LogP contribution in [0.2, 0.25) is 0 Å². The maximum absolute atomic E-state index is 13.5. The molecule has 2 amide bonds. The largest absolute Gasteiger partial charge is 0.465 e. The van der Waals surface area contributed by atoms with E-state index >= 15 is 0 Å². The number of aromatic nitrogens is 2. The number of anilines is 3. The van der Waals surface area contributed by atoms with E-state index in [4.69, 9.17) is 14.7 Å². The summed E-state index contributed by atoms with van der Waals surface area (Å²) in [5, 5.41) is 0. The number of rotatable bonds is 7. The second-order valence-corrected chi connectivity index (χ2v) is 10.7. The maximum Gasteiger partial charge on any atom is 0.318 e. The van der Waals surface area contributed by atoms with Crippen molar-refractivity contribution in [1.82, 2.24) is 19.8 Å². The summed E-state index contributed by atoms with van der Waals surface area (Å²) in [4.78, 5) is 58.8. The van der Waals surface area contributed by atoms with Crippen molar-refractivity contribution in [3.05, 3.63) is 6.07 Å². The van der Waals surface area contributed by atoms with Crippen molar-refractivity contribution < 1.29 is 19.1 Å². The summed E-state index contributed by atoms with van der Waals surface area (Å²) in [7, 11) is 0. The minimum absolute atomic E-state index is 0.0234. The molecule has 0 radical (unpaired) electrons. The summed E-state index contributed by atoms with van der Waals surface area (Å²) in [6, 6.07) is 1.60. The molecule has 0 bridgehead atoms. The smallest absolute Gasteiger partial charge is 0.318 e. The molecule has 4 aliphatic heterocycles. The topological polar surface area (TPSA) is 102 Å². The molecule has 2 unspecified atom stereocenters. The zero-order chi connectivity index (χ0) is 26.6. The van der Waals surface area contributed by atoms with E-state index < -0.39 is 17.9 Å². The van der Waals surface area contributed by atoms with Crippen LogP contribution in [0.3, 0.4) is 0 Å². The SMILES string of the molecule is CCOC(=O)C(C)C(=O)N1CCCC1C(=O)N1CCN(c2cc(N3CCCC3)nc(N3CCCC3)n2)CC1. The van der Waals surface area contributed by atoms with Gasteiger partial charge >= 0.3 is 5.97 Å². The average molecular weight is 528 g/mol. The Morgan fingerprint density at radius 3 is 2.03 bits per heavy atom. The van der Waals surface area contributed by atoms with Crippen LogP contribution >= 0.6 is 0 Å². The van der Waals surface area contributed by atoms with Gasteiger partial charge in [-0.25, -0.2) is 0 Å². The van der Waals surface area contributed by atoms with Crippen molar-refractivity contribution in [3.8, 4) is 0 Å². The highest BCUT2D eigenvalue weighted by molar-refractivity contribution is 5.99. The Kier molecular flexibility index (Phi) is 8.18. The summed E-state index contributed by atoms with van der Waals surface area (Å²) in [6.45, 7) is 10.6. The molecule has 0 N–H and O–H groups in total. The molecule has 5 heterocycles. The van der Waals surface area contributed by atoms with E-state index in [1.807, 2.05) is 4.90 Å². The molecule has 4 aliphatic rings. The van der Waals surface area contributed by atoms with Gasteiger partial charge in [0, 0.05) is 65.0 Å². The molecule has 1 aromatic heterocycles. The molecular formula is C27H41N7O4. The van der Waals surface area contributed by atoms with Gasteiger partial charge in [0.25, 0.3) is 0 Å². The van der Waals surface area contributed by atoms with Gasteiger partial charge in [0.2, 0.25) is 17.8 Å². The average Bonchev–Trinajstić information content (AvgIpc) is 3.75. The highest BCUT2D eigenvalue weighted by atomic mass is 16.5. The minimum Gasteiger partial charge on any atom is -0.465 e. The van der Waals surface area contributed by atoms with E-state index in [1.54, 1.807) is 18.7 Å². The lowest BCUT2D eigenvalue weighted by atomic mass is 10.1. The van der Waals surface area contributed by atoms with Gasteiger partial charge in [0.05, 0.1) is 6.61 Å². The molecule has 2 atom stereocenters. The Morgan fingerprint density at radius 2 is 1.42 bits per heavy atom. The van der Waals surface area contributed by atoms with E-state index in [2.05, 4.69) is 20.8 Å². The van der Waals surface area contributed by atoms with Gasteiger partial charge < -0.3 is 29.2 Å².